The van der Waals surface area contributed by atoms with Crippen LogP contribution in [0.3, 0.4) is 0 Å². The summed E-state index contributed by atoms with van der Waals surface area (Å²) in [5.41, 5.74) is 11.1. The summed E-state index contributed by atoms with van der Waals surface area (Å²) in [6.07, 6.45) is 1.74. The molecule has 8 N–H and O–H groups in total. The molecule has 13 heteroatoms. The van der Waals surface area contributed by atoms with Crippen molar-refractivity contribution in [1.82, 2.24) is 16.0 Å². The largest absolute Gasteiger partial charge is 0.445 e. The number of benzene rings is 1. The van der Waals surface area contributed by atoms with Crippen molar-refractivity contribution in [3.8, 4) is 0 Å². The molecular weight excluding hydrogens is 556 g/mol. The number of hydrogen-bond donors (Lipinski definition) is 6. The fraction of sp³-hybridized carbons (Fsp3) is 0.633. The van der Waals surface area contributed by atoms with Gasteiger partial charge >= 0.3 is 12.1 Å². The quantitative estimate of drug-likeness (QED) is 0.165. The number of carbonyl (C=O) groups is 5. The summed E-state index contributed by atoms with van der Waals surface area (Å²) in [6, 6.07) is 5.44. The van der Waals surface area contributed by atoms with Crippen molar-refractivity contribution in [2.75, 3.05) is 25.0 Å². The van der Waals surface area contributed by atoms with Gasteiger partial charge in [0, 0.05) is 25.3 Å². The lowest BCUT2D eigenvalue weighted by molar-refractivity contribution is -0.131. The molecule has 0 aromatic heterocycles. The molecule has 0 fully saturated rings. The van der Waals surface area contributed by atoms with E-state index in [9.17, 15) is 24.0 Å². The maximum absolute atomic E-state index is 12.6. The highest BCUT2D eigenvalue weighted by Crippen LogP contribution is 2.19. The van der Waals surface area contributed by atoms with Crippen molar-refractivity contribution in [2.24, 2.45) is 22.8 Å². The van der Waals surface area contributed by atoms with E-state index in [1.165, 1.54) is 0 Å². The Kier molecular flexibility index (Phi) is 19.0. The van der Waals surface area contributed by atoms with Gasteiger partial charge in [-0.25, -0.2) is 9.59 Å². The third-order valence-electron chi connectivity index (χ3n) is 5.89. The second kappa shape index (κ2) is 20.9. The summed E-state index contributed by atoms with van der Waals surface area (Å²) < 4.78 is 10.5. The first-order valence-corrected chi connectivity index (χ1v) is 14.6. The zero-order chi connectivity index (χ0) is 33.0. The Hall–Kier alpha value is -3.87. The van der Waals surface area contributed by atoms with Crippen LogP contribution in [0.5, 0.6) is 0 Å². The van der Waals surface area contributed by atoms with Gasteiger partial charge in [0.2, 0.25) is 17.7 Å². The van der Waals surface area contributed by atoms with Crippen LogP contribution in [0.4, 0.5) is 15.3 Å². The Labute approximate surface area is 255 Å². The van der Waals surface area contributed by atoms with Crippen LogP contribution in [0.25, 0.3) is 0 Å². The van der Waals surface area contributed by atoms with Gasteiger partial charge in [-0.05, 0) is 55.2 Å². The monoisotopic (exact) mass is 608 g/mol. The van der Waals surface area contributed by atoms with Gasteiger partial charge in [-0.2, -0.15) is 0 Å². The summed E-state index contributed by atoms with van der Waals surface area (Å²) in [7, 11) is 0. The number of carbonyl (C=O) groups excluding carboxylic acids is 5. The molecule has 0 saturated heterocycles. The van der Waals surface area contributed by atoms with E-state index in [0.29, 0.717) is 30.8 Å². The lowest BCUT2D eigenvalue weighted by Crippen LogP contribution is -2.51. The summed E-state index contributed by atoms with van der Waals surface area (Å²) in [4.78, 5) is 57.8. The smallest absolute Gasteiger partial charge is 0.404 e. The lowest BCUT2D eigenvalue weighted by atomic mass is 9.93. The van der Waals surface area contributed by atoms with Crippen LogP contribution in [0.2, 0.25) is 0 Å². The lowest BCUT2D eigenvalue weighted by Gasteiger charge is -2.22. The van der Waals surface area contributed by atoms with Gasteiger partial charge < -0.3 is 42.2 Å². The zero-order valence-electron chi connectivity index (χ0n) is 26.7. The number of anilines is 1. The van der Waals surface area contributed by atoms with Gasteiger partial charge in [0.05, 0.1) is 12.6 Å². The normalized spacial score (nSPS) is 12.2. The van der Waals surface area contributed by atoms with Crippen LogP contribution >= 0.6 is 0 Å². The minimum atomic E-state index is -0.866. The number of ether oxygens (including phenoxy) is 2. The Morgan fingerprint density at radius 3 is 2.05 bits per heavy atom. The van der Waals surface area contributed by atoms with E-state index in [-0.39, 0.29) is 42.9 Å². The van der Waals surface area contributed by atoms with Crippen molar-refractivity contribution in [3.63, 3.8) is 0 Å². The second-order valence-electron chi connectivity index (χ2n) is 11.7. The van der Waals surface area contributed by atoms with Crippen LogP contribution in [0.15, 0.2) is 24.3 Å². The van der Waals surface area contributed by atoms with Crippen LogP contribution in [0.1, 0.15) is 79.7 Å². The molecule has 0 heterocycles. The third-order valence-corrected chi connectivity index (χ3v) is 5.89. The van der Waals surface area contributed by atoms with Gasteiger partial charge in [0.1, 0.15) is 12.6 Å². The molecule has 0 radical (unpaired) electrons. The van der Waals surface area contributed by atoms with E-state index in [4.69, 9.17) is 20.9 Å². The molecule has 13 nitrogen and oxygen atoms in total. The molecule has 0 aliphatic carbocycles. The van der Waals surface area contributed by atoms with E-state index in [2.05, 4.69) is 42.0 Å². The highest BCUT2D eigenvalue weighted by molar-refractivity contribution is 5.96. The Morgan fingerprint density at radius 1 is 0.930 bits per heavy atom. The molecular formula is C30H52N6O7. The number of hydrogen-bond acceptors (Lipinski definition) is 7. The molecule has 0 aliphatic heterocycles. The van der Waals surface area contributed by atoms with E-state index < -0.39 is 30.0 Å². The Morgan fingerprint density at radius 2 is 1.56 bits per heavy atom. The molecule has 6 amide bonds. The summed E-state index contributed by atoms with van der Waals surface area (Å²) in [5.74, 6) is -1.24. The Balaban J connectivity index is 0.00000223. The van der Waals surface area contributed by atoms with Crippen LogP contribution in [-0.4, -0.2) is 61.7 Å². The van der Waals surface area contributed by atoms with Crippen molar-refractivity contribution >= 4 is 35.5 Å². The molecule has 2 unspecified atom stereocenters. The minimum Gasteiger partial charge on any atom is -0.445 e. The predicted molar refractivity (Wildman–Crippen MR) is 166 cm³/mol. The van der Waals surface area contributed by atoms with Gasteiger partial charge in [-0.15, -0.1) is 0 Å². The van der Waals surface area contributed by atoms with Crippen molar-refractivity contribution in [1.29, 1.82) is 0 Å². The third kappa shape index (κ3) is 21.5. The van der Waals surface area contributed by atoms with E-state index >= 15 is 0 Å². The van der Waals surface area contributed by atoms with E-state index in [0.717, 1.165) is 12.8 Å². The highest BCUT2D eigenvalue weighted by atomic mass is 16.5. The zero-order valence-corrected chi connectivity index (χ0v) is 26.7. The molecule has 0 bridgehead atoms. The molecule has 244 valence electrons. The van der Waals surface area contributed by atoms with Crippen LogP contribution < -0.4 is 32.7 Å². The first-order chi connectivity index (χ1) is 20.0. The molecule has 0 spiro atoms. The first kappa shape index (κ1) is 39.1. The van der Waals surface area contributed by atoms with Gasteiger partial charge in [0.15, 0.2) is 0 Å². The average Bonchev–Trinajstić information content (AvgIpc) is 2.91. The van der Waals surface area contributed by atoms with Gasteiger partial charge in [-0.3, -0.25) is 14.4 Å². The van der Waals surface area contributed by atoms with Crippen molar-refractivity contribution in [3.05, 3.63) is 29.8 Å². The number of nitrogens with two attached hydrogens (primary N) is 2. The van der Waals surface area contributed by atoms with Crippen LogP contribution in [0, 0.1) is 11.3 Å². The molecule has 1 rings (SSSR count). The minimum absolute atomic E-state index is 0.0328. The molecule has 43 heavy (non-hydrogen) atoms. The number of amides is 6. The molecule has 0 saturated carbocycles. The summed E-state index contributed by atoms with van der Waals surface area (Å²) in [5, 5.41) is 10.5. The summed E-state index contributed by atoms with van der Waals surface area (Å²) >= 11 is 0. The van der Waals surface area contributed by atoms with Crippen molar-refractivity contribution < 1.29 is 33.4 Å². The molecule has 2 atom stereocenters. The van der Waals surface area contributed by atoms with Crippen LogP contribution in [-0.2, 0) is 30.5 Å². The second-order valence-corrected chi connectivity index (χ2v) is 11.7. The average molecular weight is 609 g/mol. The van der Waals surface area contributed by atoms with Gasteiger partial charge in [0.25, 0.3) is 0 Å². The molecule has 1 aromatic carbocycles. The fourth-order valence-electron chi connectivity index (χ4n) is 3.33. The molecule has 0 aliphatic rings. The van der Waals surface area contributed by atoms with E-state index in [1.807, 2.05) is 27.7 Å². The maximum atomic E-state index is 12.6. The SMILES string of the molecule is CC(CCC(=O)NC(C(=O)NCC(=O)Nc1ccc(COC(N)=O)cc1)C(C)C)OCCC(C)(C)C.CCCNC(N)=O. The Bertz CT molecular complexity index is 1010. The number of rotatable bonds is 16. The number of nitrogens with one attached hydrogen (secondary N) is 4. The summed E-state index contributed by atoms with van der Waals surface area (Å²) in [6.45, 7) is 15.1. The number of urea groups is 1. The fourth-order valence-corrected chi connectivity index (χ4v) is 3.33. The topological polar surface area (TPSA) is 204 Å². The number of primary amides is 2. The molecule has 1 aromatic rings. The van der Waals surface area contributed by atoms with Crippen molar-refractivity contribution in [2.45, 2.75) is 92.9 Å². The predicted octanol–water partition coefficient (Wildman–Crippen LogP) is 3.16. The first-order valence-electron chi connectivity index (χ1n) is 14.6. The standard InChI is InChI=1S/C26H42N4O6.C4H10N2O/c1-17(2)23(30-21(31)12-7-18(3)35-14-13-26(4,5)6)24(33)28-15-22(32)29-20-10-8-19(9-11-20)16-36-25(27)34;1-2-3-6-4(5)7/h8-11,17-18,23H,7,12-16H2,1-6H3,(H2,27,34)(H,28,33)(H,29,32)(H,30,31);2-3H2,1H3,(H3,5,6,7). The highest BCUT2D eigenvalue weighted by Gasteiger charge is 2.24. The maximum Gasteiger partial charge on any atom is 0.404 e. The van der Waals surface area contributed by atoms with Gasteiger partial charge in [-0.1, -0.05) is 53.7 Å². The van der Waals surface area contributed by atoms with E-state index in [1.54, 1.807) is 24.3 Å².